The molecule has 2 unspecified atom stereocenters. The summed E-state index contributed by atoms with van der Waals surface area (Å²) in [5.41, 5.74) is 1.38. The summed E-state index contributed by atoms with van der Waals surface area (Å²) in [7, 11) is 0. The van der Waals surface area contributed by atoms with Gasteiger partial charge in [0.2, 0.25) is 5.95 Å². The number of nitrogens with zero attached hydrogens (tertiary/aromatic N) is 5. The van der Waals surface area contributed by atoms with E-state index in [1.165, 1.54) is 57.8 Å². The molecule has 1 saturated heterocycles. The van der Waals surface area contributed by atoms with Crippen molar-refractivity contribution in [3.8, 4) is 0 Å². The Morgan fingerprint density at radius 1 is 1.07 bits per heavy atom. The van der Waals surface area contributed by atoms with Crippen LogP contribution in [0.2, 0.25) is 0 Å². The summed E-state index contributed by atoms with van der Waals surface area (Å²) in [5, 5.41) is 23.4. The van der Waals surface area contributed by atoms with E-state index in [0.29, 0.717) is 29.9 Å². The summed E-state index contributed by atoms with van der Waals surface area (Å²) in [6, 6.07) is 0.490. The number of anilines is 2. The van der Waals surface area contributed by atoms with Crippen molar-refractivity contribution in [2.45, 2.75) is 109 Å². The molecular weight excluding hydrogens is 508 g/mol. The van der Waals surface area contributed by atoms with Gasteiger partial charge in [0.1, 0.15) is 5.52 Å². The molecule has 218 valence electrons. The summed E-state index contributed by atoms with van der Waals surface area (Å²) in [4.78, 5) is 28.4. The molecule has 11 heteroatoms. The van der Waals surface area contributed by atoms with Crippen LogP contribution in [-0.4, -0.2) is 67.9 Å². The molecule has 40 heavy (non-hydrogen) atoms. The highest BCUT2D eigenvalue weighted by Crippen LogP contribution is 2.38. The third kappa shape index (κ3) is 5.49. The van der Waals surface area contributed by atoms with Crippen LogP contribution >= 0.6 is 0 Å². The van der Waals surface area contributed by atoms with Gasteiger partial charge in [0.25, 0.3) is 0 Å². The van der Waals surface area contributed by atoms with Crippen molar-refractivity contribution < 1.29 is 14.6 Å². The maximum Gasteiger partial charge on any atom is 0.410 e. The highest BCUT2D eigenvalue weighted by Gasteiger charge is 2.38. The number of carbonyl (C=O) groups is 1. The number of hydrogen-bond acceptors (Lipinski definition) is 8. The van der Waals surface area contributed by atoms with Crippen LogP contribution in [0.1, 0.15) is 90.3 Å². The number of amides is 1. The third-order valence-corrected chi connectivity index (χ3v) is 9.82. The molecule has 0 radical (unpaired) electrons. The average molecular weight is 553 g/mol. The molecule has 2 aromatic rings. The number of aromatic nitrogens is 4. The Hall–Kier alpha value is -2.95. The van der Waals surface area contributed by atoms with E-state index >= 15 is 0 Å². The molecule has 1 amide bonds. The van der Waals surface area contributed by atoms with Crippen molar-refractivity contribution in [1.29, 1.82) is 5.41 Å². The molecular formula is C29H44N8O3. The highest BCUT2D eigenvalue weighted by molar-refractivity contribution is 6.03. The minimum Gasteiger partial charge on any atom is -0.465 e. The van der Waals surface area contributed by atoms with Gasteiger partial charge in [0.15, 0.2) is 23.1 Å². The van der Waals surface area contributed by atoms with Gasteiger partial charge in [-0.2, -0.15) is 4.98 Å². The quantitative estimate of drug-likeness (QED) is 0.278. The van der Waals surface area contributed by atoms with E-state index in [1.54, 1.807) is 0 Å². The van der Waals surface area contributed by atoms with Gasteiger partial charge < -0.3 is 24.6 Å². The number of rotatable bonds is 7. The maximum atomic E-state index is 11.3. The summed E-state index contributed by atoms with van der Waals surface area (Å²) >= 11 is 0. The van der Waals surface area contributed by atoms with E-state index in [-0.39, 0.29) is 29.8 Å². The number of morpholine rings is 1. The topological polar surface area (TPSA) is 141 Å². The van der Waals surface area contributed by atoms with Gasteiger partial charge >= 0.3 is 6.09 Å². The Balaban J connectivity index is 1.46. The first-order valence-electron chi connectivity index (χ1n) is 15.4. The Morgan fingerprint density at radius 3 is 2.58 bits per heavy atom. The molecule has 3 aliphatic carbocycles. The van der Waals surface area contributed by atoms with Crippen molar-refractivity contribution in [2.75, 3.05) is 23.4 Å². The van der Waals surface area contributed by atoms with Gasteiger partial charge in [-0.25, -0.2) is 14.8 Å². The number of imidazole rings is 1. The lowest BCUT2D eigenvalue weighted by Gasteiger charge is -2.44. The van der Waals surface area contributed by atoms with E-state index in [0.717, 1.165) is 43.3 Å². The second kappa shape index (κ2) is 11.5. The normalized spacial score (nSPS) is 28.0. The molecule has 4 fully saturated rings. The molecule has 11 nitrogen and oxygen atoms in total. The zero-order chi connectivity index (χ0) is 27.8. The van der Waals surface area contributed by atoms with Gasteiger partial charge in [0.05, 0.1) is 18.8 Å². The zero-order valence-electron chi connectivity index (χ0n) is 23.9. The van der Waals surface area contributed by atoms with Crippen LogP contribution in [0.25, 0.3) is 11.2 Å². The maximum absolute atomic E-state index is 11.3. The summed E-state index contributed by atoms with van der Waals surface area (Å²) in [6.07, 6.45) is 12.0. The molecule has 4 N–H and O–H groups in total. The van der Waals surface area contributed by atoms with Crippen molar-refractivity contribution in [1.82, 2.24) is 24.8 Å². The van der Waals surface area contributed by atoms with E-state index in [9.17, 15) is 9.90 Å². The molecule has 0 bridgehead atoms. The molecule has 3 atom stereocenters. The van der Waals surface area contributed by atoms with E-state index in [4.69, 9.17) is 20.1 Å². The predicted octanol–water partition coefficient (Wildman–Crippen LogP) is 4.99. The van der Waals surface area contributed by atoms with E-state index in [2.05, 4.69) is 38.9 Å². The van der Waals surface area contributed by atoms with Crippen molar-refractivity contribution in [3.63, 3.8) is 0 Å². The number of ether oxygens (including phenoxy) is 1. The van der Waals surface area contributed by atoms with Crippen molar-refractivity contribution in [3.05, 3.63) is 5.82 Å². The van der Waals surface area contributed by atoms with Crippen molar-refractivity contribution in [2.24, 2.45) is 17.8 Å². The van der Waals surface area contributed by atoms with Crippen LogP contribution in [0, 0.1) is 23.2 Å². The number of hydrogen-bond donors (Lipinski definition) is 4. The van der Waals surface area contributed by atoms with Gasteiger partial charge in [0, 0.05) is 19.1 Å². The lowest BCUT2D eigenvalue weighted by molar-refractivity contribution is -0.00958. The SMILES string of the molecule is C[C@@H](Nc1nc(C(=N)NC(=O)O)nc2nc(N3CCOC4CCCCC43)n(C[C@H]3CC[C@H](C)CC3)c12)C1CCC1. The summed E-state index contributed by atoms with van der Waals surface area (Å²) < 4.78 is 8.56. The fourth-order valence-electron chi connectivity index (χ4n) is 7.18. The first-order valence-corrected chi connectivity index (χ1v) is 15.4. The monoisotopic (exact) mass is 552 g/mol. The molecule has 6 rings (SSSR count). The van der Waals surface area contributed by atoms with Crippen LogP contribution in [0.5, 0.6) is 0 Å². The van der Waals surface area contributed by atoms with Crippen LogP contribution in [0.15, 0.2) is 0 Å². The number of nitrogens with one attached hydrogen (secondary N) is 3. The Kier molecular flexibility index (Phi) is 7.83. The van der Waals surface area contributed by atoms with Gasteiger partial charge in [-0.3, -0.25) is 10.7 Å². The fraction of sp³-hybridized carbons (Fsp3) is 0.759. The highest BCUT2D eigenvalue weighted by atomic mass is 16.5. The molecule has 0 spiro atoms. The Labute approximate surface area is 236 Å². The largest absolute Gasteiger partial charge is 0.465 e. The van der Waals surface area contributed by atoms with Gasteiger partial charge in [-0.05, 0) is 63.2 Å². The lowest BCUT2D eigenvalue weighted by Crippen LogP contribution is -2.53. The third-order valence-electron chi connectivity index (χ3n) is 9.82. The first kappa shape index (κ1) is 27.2. The van der Waals surface area contributed by atoms with E-state index in [1.807, 2.05) is 0 Å². The molecule has 0 aromatic carbocycles. The first-order chi connectivity index (χ1) is 19.4. The fourth-order valence-corrected chi connectivity index (χ4v) is 7.18. The minimum absolute atomic E-state index is 0.0402. The van der Waals surface area contributed by atoms with Gasteiger partial charge in [-0.1, -0.05) is 39.0 Å². The number of amidine groups is 1. The average Bonchev–Trinajstić information content (AvgIpc) is 3.26. The second-order valence-corrected chi connectivity index (χ2v) is 12.6. The van der Waals surface area contributed by atoms with Crippen LogP contribution < -0.4 is 15.5 Å². The zero-order valence-corrected chi connectivity index (χ0v) is 23.9. The molecule has 4 aliphatic rings. The minimum atomic E-state index is -1.31. The number of fused-ring (bicyclic) bond motifs is 2. The summed E-state index contributed by atoms with van der Waals surface area (Å²) in [5.74, 6) is 3.16. The molecule has 3 heterocycles. The smallest absolute Gasteiger partial charge is 0.410 e. The van der Waals surface area contributed by atoms with E-state index < -0.39 is 6.09 Å². The Bertz CT molecular complexity index is 1230. The van der Waals surface area contributed by atoms with Gasteiger partial charge in [-0.15, -0.1) is 0 Å². The van der Waals surface area contributed by atoms with Crippen LogP contribution in [0.3, 0.4) is 0 Å². The second-order valence-electron chi connectivity index (χ2n) is 12.6. The molecule has 3 saturated carbocycles. The van der Waals surface area contributed by atoms with Crippen LogP contribution in [0.4, 0.5) is 16.6 Å². The summed E-state index contributed by atoms with van der Waals surface area (Å²) in [6.45, 7) is 6.86. The number of carboxylic acid groups (broad SMARTS) is 1. The van der Waals surface area contributed by atoms with Crippen LogP contribution in [-0.2, 0) is 11.3 Å². The Morgan fingerprint density at radius 2 is 1.85 bits per heavy atom. The lowest BCUT2D eigenvalue weighted by atomic mass is 9.80. The predicted molar refractivity (Wildman–Crippen MR) is 154 cm³/mol. The molecule has 1 aliphatic heterocycles. The molecule has 2 aromatic heterocycles. The van der Waals surface area contributed by atoms with Crippen molar-refractivity contribution >= 4 is 34.9 Å². The standard InChI is InChI=1S/C29H44N8O3/c1-17-10-12-19(13-11-17)16-37-23-25(31-18(2)20-6-5-7-20)33-27(24(30)32-29(38)39)34-26(23)35-28(37)36-14-15-40-22-9-4-3-8-21(22)36/h17-22H,3-16H2,1-2H3,(H2,30,32)(H,38,39)(H,31,33,34)/t17-,18-,19-,21?,22?/m1/s1.